The van der Waals surface area contributed by atoms with Gasteiger partial charge in [-0.05, 0) is 30.4 Å². The smallest absolute Gasteiger partial charge is 0.0338 e. The van der Waals surface area contributed by atoms with Crippen LogP contribution in [0.15, 0.2) is 60.7 Å². The van der Waals surface area contributed by atoms with Crippen molar-refractivity contribution in [2.24, 2.45) is 0 Å². The highest BCUT2D eigenvalue weighted by atomic mass is 79.9. The molecule has 0 amide bonds. The summed E-state index contributed by atoms with van der Waals surface area (Å²) in [7, 11) is 0. The Labute approximate surface area is 207 Å². The molecule has 0 spiro atoms. The average Bonchev–Trinajstić information content (AvgIpc) is 2.80. The van der Waals surface area contributed by atoms with Crippen molar-refractivity contribution in [3.8, 4) is 0 Å². The number of benzene rings is 2. The molecule has 0 atom stereocenters. The van der Waals surface area contributed by atoms with E-state index in [1.54, 1.807) is 0 Å². The zero-order chi connectivity index (χ0) is 22.7. The highest BCUT2D eigenvalue weighted by Gasteiger charge is 2.27. The van der Waals surface area contributed by atoms with E-state index in [2.05, 4.69) is 83.5 Å². The van der Waals surface area contributed by atoms with Crippen LogP contribution in [-0.4, -0.2) is 4.32 Å². The molecule has 32 heavy (non-hydrogen) atoms. The summed E-state index contributed by atoms with van der Waals surface area (Å²) in [6, 6.07) is 22.0. The summed E-state index contributed by atoms with van der Waals surface area (Å²) in [6.07, 6.45) is 23.3. The van der Waals surface area contributed by atoms with Crippen LogP contribution in [0, 0.1) is 0 Å². The van der Waals surface area contributed by atoms with Gasteiger partial charge in [0.15, 0.2) is 0 Å². The largest absolute Gasteiger partial charge is 0.0846 e. The second-order valence-electron chi connectivity index (χ2n) is 9.82. The second-order valence-corrected chi connectivity index (χ2v) is 11.5. The molecule has 2 aromatic carbocycles. The van der Waals surface area contributed by atoms with Crippen LogP contribution in [-0.2, 0) is 12.8 Å². The Morgan fingerprint density at radius 3 is 1.22 bits per heavy atom. The van der Waals surface area contributed by atoms with Crippen LogP contribution in [0.1, 0.15) is 114 Å². The summed E-state index contributed by atoms with van der Waals surface area (Å²) in [5.41, 5.74) is 2.87. The quantitative estimate of drug-likeness (QED) is 0.133. The topological polar surface area (TPSA) is 0 Å². The second kappa shape index (κ2) is 17.4. The monoisotopic (exact) mass is 498 g/mol. The third-order valence-electron chi connectivity index (χ3n) is 6.71. The lowest BCUT2D eigenvalue weighted by atomic mass is 9.87. The molecule has 0 fully saturated rings. The molecule has 0 N–H and O–H groups in total. The lowest BCUT2D eigenvalue weighted by molar-refractivity contribution is 0.488. The summed E-state index contributed by atoms with van der Waals surface area (Å²) in [5.74, 6) is 0. The molecule has 0 aromatic heterocycles. The van der Waals surface area contributed by atoms with Crippen LogP contribution in [0.25, 0.3) is 0 Å². The molecule has 0 aliphatic carbocycles. The molecule has 0 saturated heterocycles. The van der Waals surface area contributed by atoms with E-state index in [1.807, 2.05) is 0 Å². The van der Waals surface area contributed by atoms with Gasteiger partial charge in [0.05, 0.1) is 0 Å². The maximum Gasteiger partial charge on any atom is 0.0338 e. The third kappa shape index (κ3) is 12.8. The minimum absolute atomic E-state index is 0.160. The Balaban J connectivity index is 1.59. The molecule has 2 aromatic rings. The number of hydrogen-bond acceptors (Lipinski definition) is 0. The first-order valence-corrected chi connectivity index (χ1v) is 14.3. The van der Waals surface area contributed by atoms with E-state index in [4.69, 9.17) is 0 Å². The van der Waals surface area contributed by atoms with Crippen molar-refractivity contribution in [2.75, 3.05) is 0 Å². The molecule has 0 aliphatic heterocycles. The van der Waals surface area contributed by atoms with Crippen LogP contribution < -0.4 is 0 Å². The van der Waals surface area contributed by atoms with Crippen LogP contribution >= 0.6 is 15.9 Å². The molecule has 0 unspecified atom stereocenters. The summed E-state index contributed by atoms with van der Waals surface area (Å²) in [6.45, 7) is 2.30. The molecule has 0 radical (unpaired) electrons. The van der Waals surface area contributed by atoms with Gasteiger partial charge in [0.25, 0.3) is 0 Å². The summed E-state index contributed by atoms with van der Waals surface area (Å²) in [4.78, 5) is 0. The standard InChI is InChI=1S/C31H47Br/c1-2-3-4-5-6-7-8-9-10-11-12-13-14-21-26-31(32,27-29-22-17-15-18-23-29)28-30-24-19-16-20-25-30/h15-20,22-25H,2-14,21,26-28H2,1H3. The number of halogens is 1. The van der Waals surface area contributed by atoms with Gasteiger partial charge in [-0.1, -0.05) is 173 Å². The molecular formula is C31H47Br. The lowest BCUT2D eigenvalue weighted by Gasteiger charge is -2.28. The van der Waals surface area contributed by atoms with Crippen LogP contribution in [0.2, 0.25) is 0 Å². The Hall–Kier alpha value is -1.08. The SMILES string of the molecule is CCCCCCCCCCCCCCCCC(Br)(Cc1ccccc1)Cc1ccccc1. The van der Waals surface area contributed by atoms with E-state index in [0.29, 0.717) is 0 Å². The molecule has 0 saturated carbocycles. The lowest BCUT2D eigenvalue weighted by Crippen LogP contribution is -2.27. The molecule has 178 valence electrons. The van der Waals surface area contributed by atoms with Crippen molar-refractivity contribution in [1.29, 1.82) is 0 Å². The van der Waals surface area contributed by atoms with Gasteiger partial charge in [-0.25, -0.2) is 0 Å². The third-order valence-corrected chi connectivity index (χ3v) is 7.66. The van der Waals surface area contributed by atoms with E-state index in [-0.39, 0.29) is 4.32 Å². The zero-order valence-corrected chi connectivity index (χ0v) is 22.3. The number of alkyl halides is 1. The first-order chi connectivity index (χ1) is 15.7. The molecule has 1 heteroatoms. The van der Waals surface area contributed by atoms with E-state index in [0.717, 1.165) is 12.8 Å². The van der Waals surface area contributed by atoms with Crippen molar-refractivity contribution in [3.63, 3.8) is 0 Å². The van der Waals surface area contributed by atoms with Gasteiger partial charge >= 0.3 is 0 Å². The van der Waals surface area contributed by atoms with E-state index >= 15 is 0 Å². The Bertz CT molecular complexity index is 622. The van der Waals surface area contributed by atoms with Crippen LogP contribution in [0.5, 0.6) is 0 Å². The number of unbranched alkanes of at least 4 members (excludes halogenated alkanes) is 13. The fourth-order valence-electron chi connectivity index (χ4n) is 4.80. The number of hydrogen-bond donors (Lipinski definition) is 0. The van der Waals surface area contributed by atoms with Gasteiger partial charge in [0, 0.05) is 4.32 Å². The van der Waals surface area contributed by atoms with E-state index < -0.39 is 0 Å². The number of rotatable bonds is 19. The van der Waals surface area contributed by atoms with Crippen molar-refractivity contribution in [3.05, 3.63) is 71.8 Å². The zero-order valence-electron chi connectivity index (χ0n) is 20.7. The van der Waals surface area contributed by atoms with Crippen molar-refractivity contribution >= 4 is 15.9 Å². The van der Waals surface area contributed by atoms with Gasteiger partial charge in [0.2, 0.25) is 0 Å². The van der Waals surface area contributed by atoms with Crippen LogP contribution in [0.4, 0.5) is 0 Å². The van der Waals surface area contributed by atoms with Crippen LogP contribution in [0.3, 0.4) is 0 Å². The van der Waals surface area contributed by atoms with E-state index in [9.17, 15) is 0 Å². The predicted octanol–water partition coefficient (Wildman–Crippen LogP) is 10.5. The fraction of sp³-hybridized carbons (Fsp3) is 0.613. The molecular weight excluding hydrogens is 452 g/mol. The fourth-order valence-corrected chi connectivity index (χ4v) is 5.73. The van der Waals surface area contributed by atoms with Gasteiger partial charge in [-0.2, -0.15) is 0 Å². The predicted molar refractivity (Wildman–Crippen MR) is 147 cm³/mol. The minimum atomic E-state index is 0.160. The summed E-state index contributed by atoms with van der Waals surface area (Å²) in [5, 5.41) is 0. The first kappa shape index (κ1) is 27.2. The normalized spacial score (nSPS) is 11.7. The maximum absolute atomic E-state index is 4.20. The minimum Gasteiger partial charge on any atom is -0.0846 e. The van der Waals surface area contributed by atoms with Crippen molar-refractivity contribution in [1.82, 2.24) is 0 Å². The highest BCUT2D eigenvalue weighted by molar-refractivity contribution is 9.10. The molecule has 0 bridgehead atoms. The molecule has 0 aliphatic rings. The van der Waals surface area contributed by atoms with Gasteiger partial charge in [0.1, 0.15) is 0 Å². The Morgan fingerprint density at radius 2 is 0.844 bits per heavy atom. The van der Waals surface area contributed by atoms with E-state index in [1.165, 1.54) is 107 Å². The first-order valence-electron chi connectivity index (χ1n) is 13.5. The summed E-state index contributed by atoms with van der Waals surface area (Å²) < 4.78 is 0.160. The summed E-state index contributed by atoms with van der Waals surface area (Å²) >= 11 is 4.20. The molecule has 0 heterocycles. The highest BCUT2D eigenvalue weighted by Crippen LogP contribution is 2.34. The van der Waals surface area contributed by atoms with Gasteiger partial charge in [-0.3, -0.25) is 0 Å². The van der Waals surface area contributed by atoms with Gasteiger partial charge < -0.3 is 0 Å². The molecule has 2 rings (SSSR count). The Kier molecular flexibility index (Phi) is 14.8. The molecule has 0 nitrogen and oxygen atoms in total. The van der Waals surface area contributed by atoms with Gasteiger partial charge in [-0.15, -0.1) is 0 Å². The van der Waals surface area contributed by atoms with Crippen molar-refractivity contribution < 1.29 is 0 Å². The maximum atomic E-state index is 4.20. The Morgan fingerprint density at radius 1 is 0.500 bits per heavy atom. The van der Waals surface area contributed by atoms with Crippen molar-refractivity contribution in [2.45, 2.75) is 120 Å². The average molecular weight is 500 g/mol.